The standard InChI is InChI=1S/C12H9N3O3S/c1-19(16,17)12-13-7-6-9(14-12)11-8-4-2-3-5-10(8)18-15-11/h2-7H,1H3. The quantitative estimate of drug-likeness (QED) is 0.661. The lowest BCUT2D eigenvalue weighted by Crippen LogP contribution is -2.04. The van der Waals surface area contributed by atoms with E-state index < -0.39 is 9.84 Å². The molecule has 0 unspecified atom stereocenters. The second-order valence-corrected chi connectivity index (χ2v) is 5.93. The number of hydrogen-bond donors (Lipinski definition) is 0. The number of fused-ring (bicyclic) bond motifs is 1. The Balaban J connectivity index is 2.22. The van der Waals surface area contributed by atoms with Crippen LogP contribution in [0, 0.1) is 0 Å². The highest BCUT2D eigenvalue weighted by atomic mass is 32.2. The molecule has 96 valence electrons. The molecule has 0 amide bonds. The molecule has 19 heavy (non-hydrogen) atoms. The molecular formula is C12H9N3O3S. The fourth-order valence-corrected chi connectivity index (χ4v) is 2.24. The van der Waals surface area contributed by atoms with Gasteiger partial charge >= 0.3 is 0 Å². The molecule has 0 saturated carbocycles. The lowest BCUT2D eigenvalue weighted by molar-refractivity contribution is 0.459. The van der Waals surface area contributed by atoms with E-state index in [9.17, 15) is 8.42 Å². The van der Waals surface area contributed by atoms with E-state index in [1.54, 1.807) is 12.1 Å². The molecule has 0 N–H and O–H groups in total. The number of hydrogen-bond acceptors (Lipinski definition) is 6. The number of nitrogens with zero attached hydrogens (tertiary/aromatic N) is 3. The summed E-state index contributed by atoms with van der Waals surface area (Å²) in [6.07, 6.45) is 2.45. The molecule has 0 spiro atoms. The van der Waals surface area contributed by atoms with Crippen molar-refractivity contribution < 1.29 is 12.9 Å². The van der Waals surface area contributed by atoms with Gasteiger partial charge in [0.25, 0.3) is 0 Å². The van der Waals surface area contributed by atoms with E-state index in [1.165, 1.54) is 6.20 Å². The topological polar surface area (TPSA) is 86.0 Å². The summed E-state index contributed by atoms with van der Waals surface area (Å²) in [5.74, 6) is 0. The van der Waals surface area contributed by atoms with Crippen LogP contribution >= 0.6 is 0 Å². The molecule has 0 aliphatic rings. The van der Waals surface area contributed by atoms with Crippen molar-refractivity contribution >= 4 is 20.8 Å². The lowest BCUT2D eigenvalue weighted by Gasteiger charge is -1.99. The molecule has 0 aliphatic heterocycles. The lowest BCUT2D eigenvalue weighted by atomic mass is 10.2. The van der Waals surface area contributed by atoms with Gasteiger partial charge in [0.15, 0.2) is 5.58 Å². The fourth-order valence-electron chi connectivity index (χ4n) is 1.72. The maximum atomic E-state index is 11.4. The van der Waals surface area contributed by atoms with Crippen molar-refractivity contribution in [1.82, 2.24) is 15.1 Å². The van der Waals surface area contributed by atoms with Crippen LogP contribution in [0.15, 0.2) is 46.2 Å². The zero-order valence-corrected chi connectivity index (χ0v) is 10.8. The molecule has 1 aromatic carbocycles. The van der Waals surface area contributed by atoms with Crippen LogP contribution in [-0.2, 0) is 9.84 Å². The van der Waals surface area contributed by atoms with Gasteiger partial charge in [-0.1, -0.05) is 17.3 Å². The van der Waals surface area contributed by atoms with Crippen molar-refractivity contribution in [2.24, 2.45) is 0 Å². The van der Waals surface area contributed by atoms with Crippen LogP contribution in [0.2, 0.25) is 0 Å². The maximum Gasteiger partial charge on any atom is 0.247 e. The summed E-state index contributed by atoms with van der Waals surface area (Å²) >= 11 is 0. The molecule has 0 bridgehead atoms. The smallest absolute Gasteiger partial charge is 0.247 e. The minimum atomic E-state index is -3.45. The number of aromatic nitrogens is 3. The SMILES string of the molecule is CS(=O)(=O)c1nccc(-c2noc3ccccc23)n1. The largest absolute Gasteiger partial charge is 0.356 e. The van der Waals surface area contributed by atoms with E-state index in [0.29, 0.717) is 17.0 Å². The van der Waals surface area contributed by atoms with Crippen molar-refractivity contribution in [2.45, 2.75) is 5.16 Å². The first-order chi connectivity index (χ1) is 9.05. The molecule has 7 heteroatoms. The van der Waals surface area contributed by atoms with Gasteiger partial charge in [0.05, 0.1) is 11.1 Å². The van der Waals surface area contributed by atoms with Crippen LogP contribution in [0.1, 0.15) is 0 Å². The van der Waals surface area contributed by atoms with Gasteiger partial charge in [-0.25, -0.2) is 18.4 Å². The Kier molecular flexibility index (Phi) is 2.56. The van der Waals surface area contributed by atoms with E-state index in [0.717, 1.165) is 11.6 Å². The first-order valence-corrected chi connectivity index (χ1v) is 7.33. The van der Waals surface area contributed by atoms with Crippen LogP contribution < -0.4 is 0 Å². The van der Waals surface area contributed by atoms with Crippen LogP contribution in [0.4, 0.5) is 0 Å². The summed E-state index contributed by atoms with van der Waals surface area (Å²) in [5, 5.41) is 4.48. The minimum Gasteiger partial charge on any atom is -0.356 e. The Labute approximate surface area is 109 Å². The van der Waals surface area contributed by atoms with E-state index in [1.807, 2.05) is 18.2 Å². The molecule has 0 radical (unpaired) electrons. The van der Waals surface area contributed by atoms with E-state index in [2.05, 4.69) is 15.1 Å². The highest BCUT2D eigenvalue weighted by molar-refractivity contribution is 7.90. The minimum absolute atomic E-state index is 0.225. The summed E-state index contributed by atoms with van der Waals surface area (Å²) in [6.45, 7) is 0. The van der Waals surface area contributed by atoms with Crippen LogP contribution in [-0.4, -0.2) is 29.8 Å². The predicted molar refractivity (Wildman–Crippen MR) is 68.1 cm³/mol. The maximum absolute atomic E-state index is 11.4. The van der Waals surface area contributed by atoms with Crippen LogP contribution in [0.25, 0.3) is 22.4 Å². The van der Waals surface area contributed by atoms with Gasteiger partial charge in [-0.05, 0) is 18.2 Å². The van der Waals surface area contributed by atoms with E-state index in [4.69, 9.17) is 4.52 Å². The number of para-hydroxylation sites is 1. The Hall–Kier alpha value is -2.28. The summed E-state index contributed by atoms with van der Waals surface area (Å²) in [6, 6.07) is 8.90. The number of rotatable bonds is 2. The third-order valence-corrected chi connectivity index (χ3v) is 3.45. The molecule has 6 nitrogen and oxygen atoms in total. The van der Waals surface area contributed by atoms with Gasteiger partial charge in [-0.15, -0.1) is 0 Å². The van der Waals surface area contributed by atoms with Crippen LogP contribution in [0.5, 0.6) is 0 Å². The van der Waals surface area contributed by atoms with Gasteiger partial charge in [0, 0.05) is 12.5 Å². The highest BCUT2D eigenvalue weighted by Gasteiger charge is 2.15. The first-order valence-electron chi connectivity index (χ1n) is 5.43. The van der Waals surface area contributed by atoms with Gasteiger partial charge in [-0.2, -0.15) is 0 Å². The normalized spacial score (nSPS) is 11.8. The zero-order chi connectivity index (χ0) is 13.5. The third-order valence-electron chi connectivity index (χ3n) is 2.59. The second kappa shape index (κ2) is 4.13. The molecule has 0 atom stereocenters. The van der Waals surface area contributed by atoms with Crippen molar-refractivity contribution in [2.75, 3.05) is 6.26 Å². The number of benzene rings is 1. The summed E-state index contributed by atoms with van der Waals surface area (Å²) in [4.78, 5) is 7.76. The molecule has 2 aromatic heterocycles. The molecule has 0 aliphatic carbocycles. The van der Waals surface area contributed by atoms with Crippen LogP contribution in [0.3, 0.4) is 0 Å². The third kappa shape index (κ3) is 2.08. The molecular weight excluding hydrogens is 266 g/mol. The molecule has 3 aromatic rings. The van der Waals surface area contributed by atoms with E-state index >= 15 is 0 Å². The average Bonchev–Trinajstić information content (AvgIpc) is 2.82. The second-order valence-electron chi connectivity index (χ2n) is 4.02. The van der Waals surface area contributed by atoms with Gasteiger partial charge < -0.3 is 4.52 Å². The fraction of sp³-hybridized carbons (Fsp3) is 0.0833. The van der Waals surface area contributed by atoms with Crippen molar-refractivity contribution in [3.05, 3.63) is 36.5 Å². The predicted octanol–water partition coefficient (Wildman–Crippen LogP) is 1.69. The first kappa shape index (κ1) is 11.8. The zero-order valence-electron chi connectivity index (χ0n) is 9.94. The van der Waals surface area contributed by atoms with Gasteiger partial charge in [-0.3, -0.25) is 0 Å². The van der Waals surface area contributed by atoms with Gasteiger partial charge in [0.2, 0.25) is 15.0 Å². The van der Waals surface area contributed by atoms with Crippen molar-refractivity contribution in [3.8, 4) is 11.4 Å². The summed E-state index contributed by atoms with van der Waals surface area (Å²) in [5.41, 5.74) is 1.54. The molecule has 0 saturated heterocycles. The average molecular weight is 275 g/mol. The van der Waals surface area contributed by atoms with Crippen molar-refractivity contribution in [3.63, 3.8) is 0 Å². The number of sulfone groups is 1. The summed E-state index contributed by atoms with van der Waals surface area (Å²) < 4.78 is 28.1. The Bertz CT molecular complexity index is 855. The molecule has 3 rings (SSSR count). The molecule has 0 fully saturated rings. The monoisotopic (exact) mass is 275 g/mol. The van der Waals surface area contributed by atoms with E-state index in [-0.39, 0.29) is 5.16 Å². The Morgan fingerprint density at radius 1 is 1.16 bits per heavy atom. The molecule has 2 heterocycles. The van der Waals surface area contributed by atoms with Gasteiger partial charge in [0.1, 0.15) is 5.69 Å². The Morgan fingerprint density at radius 2 is 1.95 bits per heavy atom. The van der Waals surface area contributed by atoms with Crippen molar-refractivity contribution in [1.29, 1.82) is 0 Å². The Morgan fingerprint density at radius 3 is 2.74 bits per heavy atom. The highest BCUT2D eigenvalue weighted by Crippen LogP contribution is 2.26. The summed E-state index contributed by atoms with van der Waals surface area (Å²) in [7, 11) is -3.45.